The average molecular weight is 299 g/mol. The third kappa shape index (κ3) is 3.85. The highest BCUT2D eigenvalue weighted by Crippen LogP contribution is 2.17. The zero-order chi connectivity index (χ0) is 15.9. The smallest absolute Gasteiger partial charge is 0.337 e. The van der Waals surface area contributed by atoms with Crippen molar-refractivity contribution in [2.75, 3.05) is 5.32 Å². The first-order valence-corrected chi connectivity index (χ1v) is 6.96. The Morgan fingerprint density at radius 2 is 1.73 bits per heavy atom. The van der Waals surface area contributed by atoms with Gasteiger partial charge < -0.3 is 15.2 Å². The maximum Gasteiger partial charge on any atom is 0.337 e. The Kier molecular flexibility index (Phi) is 5.14. The Morgan fingerprint density at radius 3 is 2.36 bits per heavy atom. The van der Waals surface area contributed by atoms with Gasteiger partial charge in [0, 0.05) is 0 Å². The fourth-order valence-electron chi connectivity index (χ4n) is 1.98. The number of hydrogen-bond acceptors (Lipinski definition) is 3. The summed E-state index contributed by atoms with van der Waals surface area (Å²) in [5, 5.41) is 11.7. The summed E-state index contributed by atoms with van der Waals surface area (Å²) in [6, 6.07) is 15.3. The molecule has 22 heavy (non-hydrogen) atoms. The predicted octanol–water partition coefficient (Wildman–Crippen LogP) is 3.18. The molecular weight excluding hydrogens is 282 g/mol. The number of hydrogen-bond donors (Lipinski definition) is 2. The minimum Gasteiger partial charge on any atom is -0.481 e. The molecule has 0 saturated heterocycles. The lowest BCUT2D eigenvalue weighted by Gasteiger charge is -2.18. The molecule has 0 saturated carbocycles. The van der Waals surface area contributed by atoms with Gasteiger partial charge in [0.05, 0.1) is 11.3 Å². The number of amides is 1. The Bertz CT molecular complexity index is 655. The third-order valence-electron chi connectivity index (χ3n) is 3.10. The van der Waals surface area contributed by atoms with Crippen molar-refractivity contribution >= 4 is 17.6 Å². The van der Waals surface area contributed by atoms with E-state index in [0.29, 0.717) is 12.2 Å². The van der Waals surface area contributed by atoms with E-state index < -0.39 is 12.1 Å². The first-order chi connectivity index (χ1) is 10.6. The van der Waals surface area contributed by atoms with Gasteiger partial charge in [-0.1, -0.05) is 37.3 Å². The second-order valence-electron chi connectivity index (χ2n) is 4.67. The van der Waals surface area contributed by atoms with Crippen LogP contribution in [0.3, 0.4) is 0 Å². The minimum atomic E-state index is -1.09. The van der Waals surface area contributed by atoms with Crippen molar-refractivity contribution in [3.63, 3.8) is 0 Å². The van der Waals surface area contributed by atoms with E-state index in [2.05, 4.69) is 5.32 Å². The fraction of sp³-hybridized carbons (Fsp3) is 0.176. The van der Waals surface area contributed by atoms with Crippen LogP contribution in [-0.4, -0.2) is 23.1 Å². The molecule has 0 aliphatic rings. The molecular formula is C17H17NO4. The summed E-state index contributed by atoms with van der Waals surface area (Å²) >= 11 is 0. The molecule has 0 fully saturated rings. The van der Waals surface area contributed by atoms with Crippen LogP contribution in [0.1, 0.15) is 23.7 Å². The molecule has 2 N–H and O–H groups in total. The number of rotatable bonds is 6. The van der Waals surface area contributed by atoms with Crippen LogP contribution in [0.2, 0.25) is 0 Å². The summed E-state index contributed by atoms with van der Waals surface area (Å²) in [7, 11) is 0. The normalized spacial score (nSPS) is 11.5. The zero-order valence-corrected chi connectivity index (χ0v) is 12.2. The summed E-state index contributed by atoms with van der Waals surface area (Å²) in [4.78, 5) is 23.4. The van der Waals surface area contributed by atoms with E-state index in [0.717, 1.165) is 0 Å². The molecule has 2 aromatic carbocycles. The highest BCUT2D eigenvalue weighted by atomic mass is 16.5. The van der Waals surface area contributed by atoms with Crippen LogP contribution in [0.4, 0.5) is 5.69 Å². The van der Waals surface area contributed by atoms with Crippen molar-refractivity contribution in [2.45, 2.75) is 19.4 Å². The molecule has 2 aromatic rings. The van der Waals surface area contributed by atoms with E-state index in [4.69, 9.17) is 9.84 Å². The molecule has 0 aliphatic carbocycles. The Hall–Kier alpha value is -2.82. The number of carboxylic acid groups (broad SMARTS) is 1. The van der Waals surface area contributed by atoms with Crippen LogP contribution in [0.5, 0.6) is 5.75 Å². The van der Waals surface area contributed by atoms with Gasteiger partial charge in [-0.25, -0.2) is 4.79 Å². The van der Waals surface area contributed by atoms with Gasteiger partial charge in [0.1, 0.15) is 5.75 Å². The fourth-order valence-corrected chi connectivity index (χ4v) is 1.98. The molecule has 1 atom stereocenters. The molecule has 1 amide bonds. The van der Waals surface area contributed by atoms with Gasteiger partial charge in [0.25, 0.3) is 5.91 Å². The van der Waals surface area contributed by atoms with E-state index >= 15 is 0 Å². The highest BCUT2D eigenvalue weighted by molar-refractivity contribution is 6.01. The van der Waals surface area contributed by atoms with E-state index in [1.807, 2.05) is 25.1 Å². The summed E-state index contributed by atoms with van der Waals surface area (Å²) in [6.07, 6.45) is -0.222. The molecule has 5 heteroatoms. The van der Waals surface area contributed by atoms with Gasteiger partial charge in [-0.05, 0) is 30.7 Å². The van der Waals surface area contributed by atoms with Crippen molar-refractivity contribution in [1.29, 1.82) is 0 Å². The Labute approximate surface area is 128 Å². The number of carbonyl (C=O) groups is 2. The average Bonchev–Trinajstić information content (AvgIpc) is 2.53. The van der Waals surface area contributed by atoms with Crippen LogP contribution < -0.4 is 10.1 Å². The number of aromatic carboxylic acids is 1. The quantitative estimate of drug-likeness (QED) is 0.859. The van der Waals surface area contributed by atoms with Crippen LogP contribution in [0.25, 0.3) is 0 Å². The van der Waals surface area contributed by atoms with Gasteiger partial charge in [0.15, 0.2) is 6.10 Å². The van der Waals surface area contributed by atoms with Gasteiger partial charge in [-0.3, -0.25) is 4.79 Å². The van der Waals surface area contributed by atoms with Crippen molar-refractivity contribution in [2.24, 2.45) is 0 Å². The summed E-state index contributed by atoms with van der Waals surface area (Å²) < 4.78 is 5.64. The number of nitrogens with one attached hydrogen (secondary N) is 1. The Morgan fingerprint density at radius 1 is 1.09 bits per heavy atom. The topological polar surface area (TPSA) is 75.6 Å². The molecule has 0 radical (unpaired) electrons. The summed E-state index contributed by atoms with van der Waals surface area (Å²) in [5.74, 6) is -0.871. The molecule has 0 spiro atoms. The maximum absolute atomic E-state index is 12.3. The van der Waals surface area contributed by atoms with Gasteiger partial charge in [-0.15, -0.1) is 0 Å². The van der Waals surface area contributed by atoms with Crippen LogP contribution >= 0.6 is 0 Å². The first-order valence-electron chi connectivity index (χ1n) is 6.96. The second-order valence-corrected chi connectivity index (χ2v) is 4.67. The highest BCUT2D eigenvalue weighted by Gasteiger charge is 2.20. The van der Waals surface area contributed by atoms with Crippen molar-refractivity contribution in [3.05, 3.63) is 60.2 Å². The first kappa shape index (κ1) is 15.6. The van der Waals surface area contributed by atoms with E-state index in [1.54, 1.807) is 30.3 Å². The largest absolute Gasteiger partial charge is 0.481 e. The number of para-hydroxylation sites is 2. The standard InChI is InChI=1S/C17H17NO4/c1-2-15(22-12-8-4-3-5-9-12)16(19)18-14-11-7-6-10-13(14)17(20)21/h3-11,15H,2H2,1H3,(H,18,19)(H,20,21). The van der Waals surface area contributed by atoms with E-state index in [1.165, 1.54) is 6.07 Å². The third-order valence-corrected chi connectivity index (χ3v) is 3.10. The summed E-state index contributed by atoms with van der Waals surface area (Å²) in [6.45, 7) is 1.83. The molecule has 0 aliphatic heterocycles. The number of carbonyl (C=O) groups excluding carboxylic acids is 1. The van der Waals surface area contributed by atoms with Crippen LogP contribution in [-0.2, 0) is 4.79 Å². The van der Waals surface area contributed by atoms with Crippen molar-refractivity contribution in [3.8, 4) is 5.75 Å². The lowest BCUT2D eigenvalue weighted by atomic mass is 10.1. The summed E-state index contributed by atoms with van der Waals surface area (Å²) in [5.41, 5.74) is 0.306. The van der Waals surface area contributed by atoms with Gasteiger partial charge in [0.2, 0.25) is 0 Å². The van der Waals surface area contributed by atoms with Crippen LogP contribution in [0, 0.1) is 0 Å². The molecule has 114 valence electrons. The van der Waals surface area contributed by atoms with Gasteiger partial charge >= 0.3 is 5.97 Å². The molecule has 2 rings (SSSR count). The molecule has 0 aromatic heterocycles. The number of anilines is 1. The van der Waals surface area contributed by atoms with Crippen molar-refractivity contribution < 1.29 is 19.4 Å². The van der Waals surface area contributed by atoms with Crippen molar-refractivity contribution in [1.82, 2.24) is 0 Å². The predicted molar refractivity (Wildman–Crippen MR) is 83.2 cm³/mol. The van der Waals surface area contributed by atoms with E-state index in [-0.39, 0.29) is 17.2 Å². The SMILES string of the molecule is CCC(Oc1ccccc1)C(=O)Nc1ccccc1C(=O)O. The molecule has 0 heterocycles. The zero-order valence-electron chi connectivity index (χ0n) is 12.2. The Balaban J connectivity index is 2.11. The minimum absolute atomic E-state index is 0.0467. The number of benzene rings is 2. The molecule has 1 unspecified atom stereocenters. The number of ether oxygens (including phenoxy) is 1. The van der Waals surface area contributed by atoms with Gasteiger partial charge in [-0.2, -0.15) is 0 Å². The lowest BCUT2D eigenvalue weighted by molar-refractivity contribution is -0.122. The van der Waals surface area contributed by atoms with Crippen LogP contribution in [0.15, 0.2) is 54.6 Å². The maximum atomic E-state index is 12.3. The van der Waals surface area contributed by atoms with E-state index in [9.17, 15) is 9.59 Å². The number of carboxylic acids is 1. The lowest BCUT2D eigenvalue weighted by Crippen LogP contribution is -2.32. The molecule has 5 nitrogen and oxygen atoms in total. The molecule has 0 bridgehead atoms. The monoisotopic (exact) mass is 299 g/mol. The second kappa shape index (κ2) is 7.26.